The number of hydrogen-bond acceptors (Lipinski definition) is 9. The summed E-state index contributed by atoms with van der Waals surface area (Å²) in [6, 6.07) is 14.5. The van der Waals surface area contributed by atoms with Crippen molar-refractivity contribution in [2.45, 2.75) is 13.3 Å². The number of nitrogens with one attached hydrogen (secondary N) is 1. The summed E-state index contributed by atoms with van der Waals surface area (Å²) in [4.78, 5) is 16.7. The van der Waals surface area contributed by atoms with Crippen LogP contribution in [0.1, 0.15) is 11.9 Å². The normalized spacial score (nSPS) is 10.6. The summed E-state index contributed by atoms with van der Waals surface area (Å²) in [6.07, 6.45) is 0.764. The number of aryl methyl sites for hydroxylation is 1. The number of ether oxygens (including phenoxy) is 2. The Bertz CT molecular complexity index is 1170. The van der Waals surface area contributed by atoms with Gasteiger partial charge in [0.05, 0.1) is 12.7 Å². The van der Waals surface area contributed by atoms with E-state index in [0.717, 1.165) is 22.7 Å². The quantitative estimate of drug-likeness (QED) is 0.442. The molecule has 0 aliphatic rings. The number of amides is 1. The van der Waals surface area contributed by atoms with Gasteiger partial charge in [-0.05, 0) is 42.8 Å². The van der Waals surface area contributed by atoms with Crippen LogP contribution in [0.2, 0.25) is 0 Å². The Morgan fingerprint density at radius 2 is 1.94 bits per heavy atom. The van der Waals surface area contributed by atoms with Crippen LogP contribution in [0.3, 0.4) is 0 Å². The van der Waals surface area contributed by atoms with Crippen molar-refractivity contribution in [3.05, 3.63) is 53.5 Å². The monoisotopic (exact) mass is 437 g/mol. The Morgan fingerprint density at radius 1 is 1.13 bits per heavy atom. The van der Waals surface area contributed by atoms with Gasteiger partial charge in [-0.3, -0.25) is 10.1 Å². The number of aromatic nitrogens is 4. The predicted octanol–water partition coefficient (Wildman–Crippen LogP) is 3.84. The third-order valence-corrected chi connectivity index (χ3v) is 5.25. The van der Waals surface area contributed by atoms with E-state index in [1.165, 1.54) is 11.3 Å². The summed E-state index contributed by atoms with van der Waals surface area (Å²) in [7, 11) is 1.61. The number of carbonyl (C=O) groups excluding carboxylic acids is 1. The van der Waals surface area contributed by atoms with Gasteiger partial charge in [0.25, 0.3) is 11.8 Å². The molecule has 0 radical (unpaired) electrons. The molecule has 10 heteroatoms. The first kappa shape index (κ1) is 20.5. The van der Waals surface area contributed by atoms with E-state index in [2.05, 4.69) is 25.7 Å². The second-order valence-corrected chi connectivity index (χ2v) is 7.40. The third kappa shape index (κ3) is 4.86. The minimum absolute atomic E-state index is 0.197. The fraction of sp³-hybridized carbons (Fsp3) is 0.190. The highest BCUT2D eigenvalue weighted by Crippen LogP contribution is 2.30. The number of hydrogen-bond donors (Lipinski definition) is 1. The molecule has 0 saturated heterocycles. The molecule has 1 N–H and O–H groups in total. The van der Waals surface area contributed by atoms with Crippen molar-refractivity contribution in [2.24, 2.45) is 0 Å². The van der Waals surface area contributed by atoms with Crippen LogP contribution in [-0.2, 0) is 11.2 Å². The van der Waals surface area contributed by atoms with Gasteiger partial charge >= 0.3 is 0 Å². The summed E-state index contributed by atoms with van der Waals surface area (Å²) in [5.41, 5.74) is 1.38. The molecule has 0 spiro atoms. The molecule has 0 saturated carbocycles. The molecule has 2 aromatic heterocycles. The van der Waals surface area contributed by atoms with E-state index in [-0.39, 0.29) is 12.5 Å². The number of para-hydroxylation sites is 1. The summed E-state index contributed by atoms with van der Waals surface area (Å²) in [6.45, 7) is 1.78. The van der Waals surface area contributed by atoms with Gasteiger partial charge in [0, 0.05) is 5.56 Å². The molecule has 0 aliphatic carbocycles. The number of nitrogens with zero attached hydrogens (tertiary/aromatic N) is 4. The van der Waals surface area contributed by atoms with Gasteiger partial charge in [-0.15, -0.1) is 10.2 Å². The van der Waals surface area contributed by atoms with E-state index in [9.17, 15) is 4.79 Å². The Morgan fingerprint density at radius 3 is 2.68 bits per heavy atom. The van der Waals surface area contributed by atoms with Gasteiger partial charge in [0.1, 0.15) is 16.5 Å². The maximum atomic E-state index is 12.2. The van der Waals surface area contributed by atoms with Crippen molar-refractivity contribution in [1.82, 2.24) is 20.3 Å². The lowest BCUT2D eigenvalue weighted by Gasteiger charge is -2.08. The van der Waals surface area contributed by atoms with Gasteiger partial charge in [0.15, 0.2) is 6.61 Å². The van der Waals surface area contributed by atoms with Crippen LogP contribution >= 0.6 is 11.3 Å². The zero-order chi connectivity index (χ0) is 21.6. The topological polar surface area (TPSA) is 112 Å². The minimum Gasteiger partial charge on any atom is -0.497 e. The fourth-order valence-corrected chi connectivity index (χ4v) is 3.40. The molecule has 2 aromatic carbocycles. The predicted molar refractivity (Wildman–Crippen MR) is 115 cm³/mol. The highest BCUT2D eigenvalue weighted by Gasteiger charge is 2.16. The molecule has 9 nitrogen and oxygen atoms in total. The first-order valence-corrected chi connectivity index (χ1v) is 10.3. The van der Waals surface area contributed by atoms with E-state index >= 15 is 0 Å². The Hall–Kier alpha value is -3.79. The summed E-state index contributed by atoms with van der Waals surface area (Å²) in [5.74, 6) is 1.59. The SMILES string of the molecule is CCc1nnc(NC(=O)COc2ccccc2-c2nc(-c3ccc(OC)cc3)no2)s1. The van der Waals surface area contributed by atoms with Crippen LogP contribution < -0.4 is 14.8 Å². The van der Waals surface area contributed by atoms with Crippen molar-refractivity contribution < 1.29 is 18.8 Å². The maximum Gasteiger partial charge on any atom is 0.264 e. The standard InChI is InChI=1S/C21H19N5O4S/c1-3-18-24-25-21(31-18)22-17(27)12-29-16-7-5-4-6-15(16)20-23-19(26-30-20)13-8-10-14(28-2)11-9-13/h4-11H,3,12H2,1-2H3,(H,22,25,27). The van der Waals surface area contributed by atoms with Crippen LogP contribution in [0.25, 0.3) is 22.8 Å². The minimum atomic E-state index is -0.335. The second-order valence-electron chi connectivity index (χ2n) is 6.34. The average molecular weight is 437 g/mol. The molecule has 0 aliphatic heterocycles. The molecule has 31 heavy (non-hydrogen) atoms. The highest BCUT2D eigenvalue weighted by atomic mass is 32.1. The smallest absolute Gasteiger partial charge is 0.264 e. The van der Waals surface area contributed by atoms with E-state index in [1.807, 2.05) is 37.3 Å². The van der Waals surface area contributed by atoms with Crippen LogP contribution in [0.5, 0.6) is 11.5 Å². The summed E-state index contributed by atoms with van der Waals surface area (Å²) in [5, 5.41) is 15.9. The highest BCUT2D eigenvalue weighted by molar-refractivity contribution is 7.15. The molecule has 4 aromatic rings. The summed E-state index contributed by atoms with van der Waals surface area (Å²) < 4.78 is 16.3. The van der Waals surface area contributed by atoms with E-state index in [4.69, 9.17) is 14.0 Å². The first-order chi connectivity index (χ1) is 15.2. The third-order valence-electron chi connectivity index (χ3n) is 4.27. The second kappa shape index (κ2) is 9.35. The number of carbonyl (C=O) groups is 1. The molecule has 0 unspecified atom stereocenters. The van der Waals surface area contributed by atoms with Gasteiger partial charge in [-0.1, -0.05) is 35.5 Å². The van der Waals surface area contributed by atoms with Crippen molar-refractivity contribution in [2.75, 3.05) is 19.0 Å². The van der Waals surface area contributed by atoms with Crippen molar-refractivity contribution in [3.8, 4) is 34.3 Å². The zero-order valence-corrected chi connectivity index (χ0v) is 17.7. The van der Waals surface area contributed by atoms with E-state index in [1.54, 1.807) is 25.3 Å². The number of rotatable bonds is 8. The Balaban J connectivity index is 1.46. The Labute approximate surface area is 182 Å². The van der Waals surface area contributed by atoms with Crippen molar-refractivity contribution >= 4 is 22.4 Å². The molecule has 0 atom stereocenters. The number of methoxy groups -OCH3 is 1. The zero-order valence-electron chi connectivity index (χ0n) is 16.9. The van der Waals surface area contributed by atoms with Gasteiger partial charge in [-0.2, -0.15) is 4.98 Å². The Kier molecular flexibility index (Phi) is 6.18. The summed E-state index contributed by atoms with van der Waals surface area (Å²) >= 11 is 1.33. The largest absolute Gasteiger partial charge is 0.497 e. The van der Waals surface area contributed by atoms with Gasteiger partial charge in [-0.25, -0.2) is 0 Å². The van der Waals surface area contributed by atoms with Crippen LogP contribution in [0.4, 0.5) is 5.13 Å². The number of anilines is 1. The van der Waals surface area contributed by atoms with Crippen molar-refractivity contribution in [3.63, 3.8) is 0 Å². The molecule has 4 rings (SSSR count). The molecule has 0 bridgehead atoms. The molecule has 0 fully saturated rings. The van der Waals surface area contributed by atoms with Crippen LogP contribution in [0.15, 0.2) is 53.1 Å². The lowest BCUT2D eigenvalue weighted by atomic mass is 10.2. The van der Waals surface area contributed by atoms with Gasteiger partial charge < -0.3 is 14.0 Å². The molecule has 2 heterocycles. The molecule has 158 valence electrons. The van der Waals surface area contributed by atoms with Crippen LogP contribution in [-0.4, -0.2) is 40.0 Å². The fourth-order valence-electron chi connectivity index (χ4n) is 2.71. The lowest BCUT2D eigenvalue weighted by molar-refractivity contribution is -0.118. The lowest BCUT2D eigenvalue weighted by Crippen LogP contribution is -2.20. The maximum absolute atomic E-state index is 12.2. The molecular formula is C21H19N5O4S. The first-order valence-electron chi connectivity index (χ1n) is 9.49. The van der Waals surface area contributed by atoms with E-state index < -0.39 is 0 Å². The molecular weight excluding hydrogens is 418 g/mol. The van der Waals surface area contributed by atoms with Crippen molar-refractivity contribution in [1.29, 1.82) is 0 Å². The van der Waals surface area contributed by atoms with Gasteiger partial charge in [0.2, 0.25) is 11.0 Å². The number of benzene rings is 2. The molecule has 1 amide bonds. The average Bonchev–Trinajstić information content (AvgIpc) is 3.48. The van der Waals surface area contributed by atoms with E-state index in [0.29, 0.717) is 28.2 Å². The van der Waals surface area contributed by atoms with Crippen LogP contribution in [0, 0.1) is 0 Å².